The molecule has 4 rings (SSSR count). The fourth-order valence-electron chi connectivity index (χ4n) is 5.50. The van der Waals surface area contributed by atoms with Gasteiger partial charge >= 0.3 is 0 Å². The van der Waals surface area contributed by atoms with Gasteiger partial charge in [-0.15, -0.1) is 0 Å². The van der Waals surface area contributed by atoms with Crippen molar-refractivity contribution in [3.8, 4) is 0 Å². The molecule has 5 atom stereocenters. The summed E-state index contributed by atoms with van der Waals surface area (Å²) in [5.41, 5.74) is 1.42. The SMILES string of the molecule is C[C@@H]1CC23C4=CCCN2CCC[C@@H]3[C@H](O)C[C@@H]4C1=O. The Hall–Kier alpha value is -0.670. The van der Waals surface area contributed by atoms with E-state index in [2.05, 4.69) is 17.9 Å². The number of piperidine rings is 1. The van der Waals surface area contributed by atoms with Gasteiger partial charge in [0.15, 0.2) is 0 Å². The minimum Gasteiger partial charge on any atom is -0.393 e. The second-order valence-electron chi connectivity index (χ2n) is 6.97. The number of hydrogen-bond acceptors (Lipinski definition) is 3. The van der Waals surface area contributed by atoms with Crippen LogP contribution in [-0.2, 0) is 4.79 Å². The Balaban J connectivity index is 1.89. The van der Waals surface area contributed by atoms with Gasteiger partial charge in [0.05, 0.1) is 6.10 Å². The van der Waals surface area contributed by atoms with Crippen LogP contribution in [0.2, 0.25) is 0 Å². The standard InChI is InChI=1S/C16H23NO2/c1-10-9-16-12-4-2-6-17(16)7-3-5-13(16)14(18)8-11(12)15(10)19/h4,10-11,13-14,18H,2-3,5-9H2,1H3/t10-,11+,13-,14-,16?/m1/s1. The van der Waals surface area contributed by atoms with Crippen LogP contribution < -0.4 is 0 Å². The fraction of sp³-hybridized carbons (Fsp3) is 0.812. The highest BCUT2D eigenvalue weighted by Crippen LogP contribution is 2.57. The van der Waals surface area contributed by atoms with Gasteiger partial charge in [0.2, 0.25) is 0 Å². The van der Waals surface area contributed by atoms with E-state index in [9.17, 15) is 9.90 Å². The second-order valence-corrected chi connectivity index (χ2v) is 6.97. The Morgan fingerprint density at radius 2 is 2.26 bits per heavy atom. The lowest BCUT2D eigenvalue weighted by Gasteiger charge is -2.63. The van der Waals surface area contributed by atoms with Crippen LogP contribution in [0.4, 0.5) is 0 Å². The number of nitrogens with zero attached hydrogens (tertiary/aromatic N) is 1. The molecule has 0 aromatic heterocycles. The molecule has 2 heterocycles. The van der Waals surface area contributed by atoms with Gasteiger partial charge in [-0.05, 0) is 44.2 Å². The molecular formula is C16H23NO2. The van der Waals surface area contributed by atoms with E-state index in [1.807, 2.05) is 0 Å². The van der Waals surface area contributed by atoms with E-state index >= 15 is 0 Å². The molecule has 1 unspecified atom stereocenters. The van der Waals surface area contributed by atoms with Gasteiger partial charge in [-0.25, -0.2) is 0 Å². The Morgan fingerprint density at radius 3 is 3.11 bits per heavy atom. The number of ketones is 1. The molecule has 2 saturated carbocycles. The number of Topliss-reactive ketones (excluding diaryl/α,β-unsaturated/α-hetero) is 1. The van der Waals surface area contributed by atoms with Crippen molar-refractivity contribution in [3.63, 3.8) is 0 Å². The molecule has 0 aromatic rings. The molecule has 0 aromatic carbocycles. The summed E-state index contributed by atoms with van der Waals surface area (Å²) in [6, 6.07) is 0. The molecule has 1 spiro atoms. The second kappa shape index (κ2) is 3.92. The van der Waals surface area contributed by atoms with Crippen LogP contribution in [0.15, 0.2) is 11.6 Å². The summed E-state index contributed by atoms with van der Waals surface area (Å²) in [5.74, 6) is 0.910. The van der Waals surface area contributed by atoms with Crippen molar-refractivity contribution >= 4 is 5.78 Å². The minimum absolute atomic E-state index is 0.0101. The Morgan fingerprint density at radius 1 is 1.42 bits per heavy atom. The lowest BCUT2D eigenvalue weighted by Crippen LogP contribution is -2.69. The third-order valence-electron chi connectivity index (χ3n) is 6.15. The third-order valence-corrected chi connectivity index (χ3v) is 6.15. The van der Waals surface area contributed by atoms with Crippen molar-refractivity contribution in [1.29, 1.82) is 0 Å². The van der Waals surface area contributed by atoms with Gasteiger partial charge in [-0.2, -0.15) is 0 Å². The van der Waals surface area contributed by atoms with Gasteiger partial charge in [-0.3, -0.25) is 9.69 Å². The minimum atomic E-state index is -0.278. The number of hydrogen-bond donors (Lipinski definition) is 1. The maximum Gasteiger partial charge on any atom is 0.143 e. The van der Waals surface area contributed by atoms with Gasteiger partial charge in [0.25, 0.3) is 0 Å². The van der Waals surface area contributed by atoms with Crippen LogP contribution in [0.1, 0.15) is 39.0 Å². The predicted molar refractivity (Wildman–Crippen MR) is 72.6 cm³/mol. The van der Waals surface area contributed by atoms with E-state index in [1.165, 1.54) is 12.0 Å². The summed E-state index contributed by atoms with van der Waals surface area (Å²) in [5, 5.41) is 10.6. The number of aliphatic hydroxyl groups excluding tert-OH is 1. The van der Waals surface area contributed by atoms with E-state index in [-0.39, 0.29) is 23.5 Å². The molecular weight excluding hydrogens is 238 g/mol. The smallest absolute Gasteiger partial charge is 0.143 e. The lowest BCUT2D eigenvalue weighted by atomic mass is 9.51. The highest BCUT2D eigenvalue weighted by molar-refractivity contribution is 5.88. The van der Waals surface area contributed by atoms with Crippen LogP contribution in [0, 0.1) is 17.8 Å². The number of carbonyl (C=O) groups is 1. The van der Waals surface area contributed by atoms with Crippen LogP contribution in [0.25, 0.3) is 0 Å². The molecule has 3 fully saturated rings. The first-order chi connectivity index (χ1) is 9.14. The highest BCUT2D eigenvalue weighted by Gasteiger charge is 2.61. The van der Waals surface area contributed by atoms with Crippen molar-refractivity contribution in [1.82, 2.24) is 4.90 Å². The molecule has 0 amide bonds. The van der Waals surface area contributed by atoms with E-state index in [1.54, 1.807) is 0 Å². The average Bonchev–Trinajstić information content (AvgIpc) is 2.40. The summed E-state index contributed by atoms with van der Waals surface area (Å²) in [6.07, 6.45) is 7.09. The summed E-state index contributed by atoms with van der Waals surface area (Å²) >= 11 is 0. The van der Waals surface area contributed by atoms with Crippen LogP contribution in [0.5, 0.6) is 0 Å². The number of aliphatic hydroxyl groups is 1. The molecule has 3 heteroatoms. The number of rotatable bonds is 0. The zero-order chi connectivity index (χ0) is 13.2. The molecule has 2 aliphatic carbocycles. The molecule has 2 aliphatic heterocycles. The van der Waals surface area contributed by atoms with Crippen molar-refractivity contribution in [3.05, 3.63) is 11.6 Å². The molecule has 1 N–H and O–H groups in total. The molecule has 19 heavy (non-hydrogen) atoms. The van der Waals surface area contributed by atoms with Gasteiger partial charge in [0.1, 0.15) is 5.78 Å². The zero-order valence-electron chi connectivity index (χ0n) is 11.6. The largest absolute Gasteiger partial charge is 0.393 e. The summed E-state index contributed by atoms with van der Waals surface area (Å²) in [4.78, 5) is 15.1. The monoisotopic (exact) mass is 261 g/mol. The van der Waals surface area contributed by atoms with Gasteiger partial charge in [0, 0.05) is 29.8 Å². The van der Waals surface area contributed by atoms with Crippen LogP contribution in [0.3, 0.4) is 0 Å². The zero-order valence-corrected chi connectivity index (χ0v) is 11.6. The maximum absolute atomic E-state index is 12.5. The van der Waals surface area contributed by atoms with Crippen molar-refractivity contribution in [2.75, 3.05) is 13.1 Å². The molecule has 0 radical (unpaired) electrons. The third kappa shape index (κ3) is 1.38. The van der Waals surface area contributed by atoms with Gasteiger partial charge < -0.3 is 5.11 Å². The van der Waals surface area contributed by atoms with E-state index in [0.717, 1.165) is 32.4 Å². The van der Waals surface area contributed by atoms with E-state index < -0.39 is 0 Å². The van der Waals surface area contributed by atoms with Crippen molar-refractivity contribution in [2.24, 2.45) is 17.8 Å². The summed E-state index contributed by atoms with van der Waals surface area (Å²) < 4.78 is 0. The maximum atomic E-state index is 12.5. The molecule has 4 aliphatic rings. The first-order valence-electron chi connectivity index (χ1n) is 7.82. The average molecular weight is 261 g/mol. The normalized spacial score (nSPS) is 49.6. The van der Waals surface area contributed by atoms with Crippen molar-refractivity contribution < 1.29 is 9.90 Å². The predicted octanol–water partition coefficient (Wildman–Crippen LogP) is 1.76. The lowest BCUT2D eigenvalue weighted by molar-refractivity contribution is -0.146. The molecule has 3 nitrogen and oxygen atoms in total. The fourth-order valence-corrected chi connectivity index (χ4v) is 5.50. The Bertz CT molecular complexity index is 458. The number of carbonyl (C=O) groups excluding carboxylic acids is 1. The molecule has 2 bridgehead atoms. The van der Waals surface area contributed by atoms with Crippen LogP contribution >= 0.6 is 0 Å². The molecule has 1 saturated heterocycles. The topological polar surface area (TPSA) is 40.5 Å². The van der Waals surface area contributed by atoms with Gasteiger partial charge in [-0.1, -0.05) is 13.0 Å². The Kier molecular flexibility index (Phi) is 2.50. The highest BCUT2D eigenvalue weighted by atomic mass is 16.3. The van der Waals surface area contributed by atoms with Crippen molar-refractivity contribution in [2.45, 2.75) is 50.7 Å². The first-order valence-corrected chi connectivity index (χ1v) is 7.82. The van der Waals surface area contributed by atoms with E-state index in [4.69, 9.17) is 0 Å². The quantitative estimate of drug-likeness (QED) is 0.675. The Labute approximate surface area is 114 Å². The first kappa shape index (κ1) is 12.1. The molecule has 104 valence electrons. The summed E-state index contributed by atoms with van der Waals surface area (Å²) in [6.45, 7) is 4.35. The van der Waals surface area contributed by atoms with E-state index in [0.29, 0.717) is 18.1 Å². The van der Waals surface area contributed by atoms with Crippen LogP contribution in [-0.4, -0.2) is 40.5 Å². The summed E-state index contributed by atoms with van der Waals surface area (Å²) in [7, 11) is 0.